The van der Waals surface area contributed by atoms with Crippen molar-refractivity contribution in [1.29, 1.82) is 0 Å². The second kappa shape index (κ2) is 14.6. The average molecular weight is 555 g/mol. The van der Waals surface area contributed by atoms with Crippen molar-refractivity contribution in [2.24, 2.45) is 0 Å². The molecule has 0 bridgehead atoms. The van der Waals surface area contributed by atoms with Gasteiger partial charge in [-0.1, -0.05) is 26.0 Å². The molecule has 3 heterocycles. The molecule has 1 aliphatic heterocycles. The van der Waals surface area contributed by atoms with Gasteiger partial charge >= 0.3 is 0 Å². The van der Waals surface area contributed by atoms with Crippen molar-refractivity contribution in [3.05, 3.63) is 77.9 Å². The van der Waals surface area contributed by atoms with Crippen LogP contribution in [0.1, 0.15) is 75.0 Å². The summed E-state index contributed by atoms with van der Waals surface area (Å²) in [4.78, 5) is 37.3. The highest BCUT2D eigenvalue weighted by molar-refractivity contribution is 6.26. The molecule has 0 saturated carbocycles. The molecule has 41 heavy (non-hydrogen) atoms. The van der Waals surface area contributed by atoms with Crippen LogP contribution in [0.15, 0.2) is 61.1 Å². The quantitative estimate of drug-likeness (QED) is 0.233. The van der Waals surface area contributed by atoms with E-state index in [1.165, 1.54) is 24.6 Å². The highest BCUT2D eigenvalue weighted by atomic mass is 16.2. The number of carbonyl (C=O) groups excluding carboxylic acids is 2. The first kappa shape index (κ1) is 29.9. The normalized spacial score (nSPS) is 13.8. The number of carbonyl (C=O) groups is 2. The van der Waals surface area contributed by atoms with Gasteiger partial charge in [-0.3, -0.25) is 19.5 Å². The summed E-state index contributed by atoms with van der Waals surface area (Å²) < 4.78 is 0. The molecule has 0 aliphatic carbocycles. The van der Waals surface area contributed by atoms with Crippen molar-refractivity contribution in [3.63, 3.8) is 0 Å². The average Bonchev–Trinajstić information content (AvgIpc) is 3.50. The molecule has 0 atom stereocenters. The molecule has 4 rings (SSSR count). The first-order valence-electron chi connectivity index (χ1n) is 14.7. The van der Waals surface area contributed by atoms with Gasteiger partial charge in [-0.15, -0.1) is 0 Å². The van der Waals surface area contributed by atoms with Gasteiger partial charge in [-0.05, 0) is 94.1 Å². The van der Waals surface area contributed by atoms with Gasteiger partial charge in [0.05, 0.1) is 11.9 Å². The first-order chi connectivity index (χ1) is 19.9. The maximum atomic E-state index is 13.5. The number of pyridine rings is 2. The molecule has 1 aromatic carbocycles. The summed E-state index contributed by atoms with van der Waals surface area (Å²) in [6.07, 6.45) is 11.4. The number of benzene rings is 1. The summed E-state index contributed by atoms with van der Waals surface area (Å²) in [5.74, 6) is -0.461. The van der Waals surface area contributed by atoms with E-state index in [9.17, 15) is 9.59 Å². The zero-order valence-electron chi connectivity index (χ0n) is 24.7. The minimum absolute atomic E-state index is 0.117. The Morgan fingerprint density at radius 3 is 2.41 bits per heavy atom. The molecular weight excluding hydrogens is 512 g/mol. The summed E-state index contributed by atoms with van der Waals surface area (Å²) in [6, 6.07) is 11.8. The second-order valence-electron chi connectivity index (χ2n) is 10.4. The second-order valence-corrected chi connectivity index (χ2v) is 10.4. The first-order valence-corrected chi connectivity index (χ1v) is 14.7. The van der Waals surface area contributed by atoms with Gasteiger partial charge in [0.25, 0.3) is 11.8 Å². The van der Waals surface area contributed by atoms with E-state index in [-0.39, 0.29) is 17.9 Å². The Bertz CT molecular complexity index is 1360. The molecule has 0 radical (unpaired) electrons. The Hall–Kier alpha value is -4.04. The minimum Gasteiger partial charge on any atom is -0.385 e. The predicted octanol–water partition coefficient (Wildman–Crippen LogP) is 6.13. The van der Waals surface area contributed by atoms with E-state index in [0.717, 1.165) is 61.4 Å². The molecule has 0 spiro atoms. The molecule has 1 aliphatic rings. The van der Waals surface area contributed by atoms with Crippen LogP contribution in [0.5, 0.6) is 0 Å². The van der Waals surface area contributed by atoms with Crippen molar-refractivity contribution in [3.8, 4) is 11.1 Å². The molecule has 216 valence electrons. The smallest absolute Gasteiger partial charge is 0.270 e. The van der Waals surface area contributed by atoms with E-state index >= 15 is 0 Å². The zero-order chi connectivity index (χ0) is 29.2. The van der Waals surface area contributed by atoms with Crippen LogP contribution < -0.4 is 16.0 Å². The maximum absolute atomic E-state index is 13.5. The Balaban J connectivity index is 1.54. The van der Waals surface area contributed by atoms with Crippen LogP contribution in [0.25, 0.3) is 16.7 Å². The number of amides is 2. The highest BCUT2D eigenvalue weighted by Crippen LogP contribution is 2.31. The van der Waals surface area contributed by atoms with Crippen LogP contribution in [0.3, 0.4) is 0 Å². The molecule has 0 unspecified atom stereocenters. The van der Waals surface area contributed by atoms with Crippen molar-refractivity contribution in [1.82, 2.24) is 20.2 Å². The fraction of sp³-hybridized carbons (Fsp3) is 0.394. The van der Waals surface area contributed by atoms with Crippen LogP contribution in [0, 0.1) is 0 Å². The summed E-state index contributed by atoms with van der Waals surface area (Å²) in [5.41, 5.74) is 6.29. The molecule has 3 N–H and O–H groups in total. The molecule has 2 amide bonds. The number of nitrogens with zero attached hydrogens (tertiary/aromatic N) is 3. The van der Waals surface area contributed by atoms with Gasteiger partial charge < -0.3 is 16.0 Å². The molecule has 1 saturated heterocycles. The van der Waals surface area contributed by atoms with E-state index in [1.54, 1.807) is 12.1 Å². The van der Waals surface area contributed by atoms with E-state index in [4.69, 9.17) is 0 Å². The van der Waals surface area contributed by atoms with E-state index in [0.29, 0.717) is 17.0 Å². The maximum Gasteiger partial charge on any atom is 0.270 e. The molecule has 2 aromatic heterocycles. The lowest BCUT2D eigenvalue weighted by molar-refractivity contribution is -0.111. The summed E-state index contributed by atoms with van der Waals surface area (Å²) in [5, 5.41) is 9.33. The molecule has 8 nitrogen and oxygen atoms in total. The lowest BCUT2D eigenvalue weighted by atomic mass is 9.96. The van der Waals surface area contributed by atoms with Crippen LogP contribution in [0.2, 0.25) is 0 Å². The van der Waals surface area contributed by atoms with Crippen LogP contribution in [-0.2, 0) is 11.3 Å². The topological polar surface area (TPSA) is 99.2 Å². The fourth-order valence-electron chi connectivity index (χ4n) is 5.18. The van der Waals surface area contributed by atoms with Crippen molar-refractivity contribution < 1.29 is 9.59 Å². The lowest BCUT2D eigenvalue weighted by Gasteiger charge is -2.17. The number of allylic oxidation sites excluding steroid dienone is 1. The van der Waals surface area contributed by atoms with Crippen LogP contribution in [0.4, 0.5) is 11.4 Å². The van der Waals surface area contributed by atoms with Gasteiger partial charge in [0, 0.05) is 53.9 Å². The number of anilines is 2. The van der Waals surface area contributed by atoms with Gasteiger partial charge in [-0.2, -0.15) is 0 Å². The molecule has 8 heteroatoms. The molecular formula is C33H42N6O2. The third-order valence-electron chi connectivity index (χ3n) is 7.52. The zero-order valence-corrected chi connectivity index (χ0v) is 24.7. The largest absolute Gasteiger partial charge is 0.385 e. The lowest BCUT2D eigenvalue weighted by Crippen LogP contribution is -2.34. The van der Waals surface area contributed by atoms with Gasteiger partial charge in [0.15, 0.2) is 0 Å². The van der Waals surface area contributed by atoms with Gasteiger partial charge in [0.1, 0.15) is 5.69 Å². The van der Waals surface area contributed by atoms with Gasteiger partial charge in [0.2, 0.25) is 0 Å². The Morgan fingerprint density at radius 1 is 0.976 bits per heavy atom. The summed E-state index contributed by atoms with van der Waals surface area (Å²) in [6.45, 7) is 11.9. The summed E-state index contributed by atoms with van der Waals surface area (Å²) >= 11 is 0. The summed E-state index contributed by atoms with van der Waals surface area (Å²) in [7, 11) is 0. The Labute approximate surface area is 243 Å². The number of likely N-dealkylation sites (tertiary alicyclic amines) is 1. The predicted molar refractivity (Wildman–Crippen MR) is 167 cm³/mol. The standard InChI is InChI=1S/C33H42N6O2/c1-5-26(6-2)37-33(41)31-14-12-27(21-36-31)38-32(40)28(7-3)29-18-24(11-13-30(29)35-8-4)25-17-23(19-34-20-25)22-39-15-9-10-16-39/h7,11-14,17-21,26,35H,5-6,8-10,15-16,22H2,1-4H3,(H,37,41)(H,38,40). The SMILES string of the molecule is CC=C(C(=O)Nc1ccc(C(=O)NC(CC)CC)nc1)c1cc(-c2cncc(CN3CCCC3)c2)ccc1NCC. The highest BCUT2D eigenvalue weighted by Gasteiger charge is 2.18. The third kappa shape index (κ3) is 7.79. The van der Waals surface area contributed by atoms with E-state index < -0.39 is 0 Å². The van der Waals surface area contributed by atoms with Crippen molar-refractivity contribution in [2.45, 2.75) is 66.0 Å². The Kier molecular flexibility index (Phi) is 10.6. The molecule has 3 aromatic rings. The number of hydrogen-bond donors (Lipinski definition) is 3. The number of rotatable bonds is 12. The number of aromatic nitrogens is 2. The number of hydrogen-bond acceptors (Lipinski definition) is 6. The van der Waals surface area contributed by atoms with Crippen molar-refractivity contribution in [2.75, 3.05) is 30.3 Å². The number of nitrogens with one attached hydrogen (secondary N) is 3. The van der Waals surface area contributed by atoms with Gasteiger partial charge in [-0.25, -0.2) is 4.98 Å². The van der Waals surface area contributed by atoms with Crippen LogP contribution in [-0.4, -0.2) is 52.4 Å². The fourth-order valence-corrected chi connectivity index (χ4v) is 5.18. The Morgan fingerprint density at radius 2 is 1.76 bits per heavy atom. The molecule has 1 fully saturated rings. The monoisotopic (exact) mass is 554 g/mol. The van der Waals surface area contributed by atoms with E-state index in [2.05, 4.69) is 43.0 Å². The van der Waals surface area contributed by atoms with Crippen LogP contribution >= 0.6 is 0 Å². The van der Waals surface area contributed by atoms with Crippen molar-refractivity contribution >= 4 is 28.8 Å². The third-order valence-corrected chi connectivity index (χ3v) is 7.52. The minimum atomic E-state index is -0.249. The van der Waals surface area contributed by atoms with E-state index in [1.807, 2.05) is 58.3 Å².